The van der Waals surface area contributed by atoms with Gasteiger partial charge in [0, 0.05) is 5.92 Å². The molecule has 0 radical (unpaired) electrons. The first-order valence-corrected chi connectivity index (χ1v) is 8.35. The molecule has 1 aliphatic carbocycles. The fraction of sp³-hybridized carbons (Fsp3) is 0.278. The zero-order chi connectivity index (χ0) is 18.1. The molecule has 0 atom stereocenters. The Morgan fingerprint density at radius 3 is 2.85 bits per heavy atom. The molecule has 3 aromatic heterocycles. The Hall–Kier alpha value is -3.29. The van der Waals surface area contributed by atoms with Crippen molar-refractivity contribution in [3.05, 3.63) is 47.5 Å². The number of carbonyl (C=O) groups excluding carboxylic acids is 1. The lowest BCUT2D eigenvalue weighted by molar-refractivity contribution is 0.0598. The van der Waals surface area contributed by atoms with Gasteiger partial charge in [0.25, 0.3) is 0 Å². The molecule has 8 nitrogen and oxygen atoms in total. The number of nitrogens with one attached hydrogen (secondary N) is 1. The molecule has 0 unspecified atom stereocenters. The minimum atomic E-state index is -0.343. The Morgan fingerprint density at radius 2 is 2.08 bits per heavy atom. The number of pyridine rings is 2. The van der Waals surface area contributed by atoms with E-state index in [4.69, 9.17) is 10.5 Å². The average Bonchev–Trinajstić information content (AvgIpc) is 3.50. The lowest BCUT2D eigenvalue weighted by atomic mass is 10.1. The lowest BCUT2D eigenvalue weighted by Gasteiger charge is -2.11. The first-order valence-electron chi connectivity index (χ1n) is 8.35. The van der Waals surface area contributed by atoms with E-state index in [0.717, 1.165) is 29.6 Å². The highest BCUT2D eigenvalue weighted by Crippen LogP contribution is 2.40. The summed E-state index contributed by atoms with van der Waals surface area (Å²) in [6.07, 6.45) is 3.55. The number of fused-ring (bicyclic) bond motifs is 1. The van der Waals surface area contributed by atoms with Crippen LogP contribution in [0, 0.1) is 0 Å². The van der Waals surface area contributed by atoms with Gasteiger partial charge in [0.05, 0.1) is 36.0 Å². The van der Waals surface area contributed by atoms with E-state index in [2.05, 4.69) is 25.3 Å². The van der Waals surface area contributed by atoms with Crippen LogP contribution < -0.4 is 11.1 Å². The van der Waals surface area contributed by atoms with Crippen molar-refractivity contribution < 1.29 is 9.53 Å². The van der Waals surface area contributed by atoms with E-state index in [9.17, 15) is 4.79 Å². The summed E-state index contributed by atoms with van der Waals surface area (Å²) in [7, 11) is 1.38. The third kappa shape index (κ3) is 3.13. The number of methoxy groups -OCH3 is 1. The summed E-state index contributed by atoms with van der Waals surface area (Å²) in [4.78, 5) is 29.2. The topological polar surface area (TPSA) is 116 Å². The number of nitrogens with zero attached hydrogens (tertiary/aromatic N) is 4. The summed E-state index contributed by atoms with van der Waals surface area (Å²) in [6, 6.07) is 7.16. The van der Waals surface area contributed by atoms with Crippen molar-refractivity contribution in [2.75, 3.05) is 18.2 Å². The van der Waals surface area contributed by atoms with Gasteiger partial charge in [-0.25, -0.2) is 19.7 Å². The first-order chi connectivity index (χ1) is 12.7. The molecule has 0 saturated heterocycles. The molecule has 0 amide bonds. The van der Waals surface area contributed by atoms with E-state index in [1.165, 1.54) is 13.4 Å². The fourth-order valence-electron chi connectivity index (χ4n) is 2.84. The number of esters is 1. The van der Waals surface area contributed by atoms with E-state index in [1.807, 2.05) is 12.1 Å². The van der Waals surface area contributed by atoms with Crippen molar-refractivity contribution in [1.29, 1.82) is 0 Å². The Labute approximate surface area is 149 Å². The quantitative estimate of drug-likeness (QED) is 0.673. The molecule has 0 spiro atoms. The summed E-state index contributed by atoms with van der Waals surface area (Å²) in [5.74, 6) is 1.08. The van der Waals surface area contributed by atoms with Crippen LogP contribution in [-0.4, -0.2) is 33.0 Å². The van der Waals surface area contributed by atoms with E-state index >= 15 is 0 Å². The molecular weight excluding hydrogens is 332 g/mol. The maximum Gasteiger partial charge on any atom is 0.339 e. The Morgan fingerprint density at radius 1 is 1.23 bits per heavy atom. The largest absolute Gasteiger partial charge is 0.465 e. The molecule has 1 saturated carbocycles. The molecule has 1 aliphatic rings. The van der Waals surface area contributed by atoms with Gasteiger partial charge in [-0.3, -0.25) is 4.98 Å². The molecule has 132 valence electrons. The number of hydrogen-bond donors (Lipinski definition) is 2. The van der Waals surface area contributed by atoms with Crippen LogP contribution in [0.3, 0.4) is 0 Å². The molecule has 0 aromatic carbocycles. The highest BCUT2D eigenvalue weighted by atomic mass is 16.5. The molecule has 3 N–H and O–H groups in total. The molecule has 8 heteroatoms. The Balaban J connectivity index is 1.59. The number of ether oxygens (including phenoxy) is 1. The zero-order valence-electron chi connectivity index (χ0n) is 14.3. The fourth-order valence-corrected chi connectivity index (χ4v) is 2.84. The second kappa shape index (κ2) is 6.55. The number of hydrogen-bond acceptors (Lipinski definition) is 8. The predicted octanol–water partition coefficient (Wildman–Crippen LogP) is 2.28. The molecule has 3 heterocycles. The van der Waals surface area contributed by atoms with E-state index in [0.29, 0.717) is 35.3 Å². The van der Waals surface area contributed by atoms with Crippen LogP contribution in [0.15, 0.2) is 30.6 Å². The first kappa shape index (κ1) is 16.2. The van der Waals surface area contributed by atoms with Gasteiger partial charge < -0.3 is 15.8 Å². The Kier molecular flexibility index (Phi) is 4.08. The van der Waals surface area contributed by atoms with E-state index < -0.39 is 0 Å². The van der Waals surface area contributed by atoms with Gasteiger partial charge in [0.1, 0.15) is 18.0 Å². The smallest absolute Gasteiger partial charge is 0.339 e. The van der Waals surface area contributed by atoms with Crippen LogP contribution in [0.25, 0.3) is 11.0 Å². The highest BCUT2D eigenvalue weighted by molar-refractivity contribution is 5.91. The maximum atomic E-state index is 11.9. The van der Waals surface area contributed by atoms with Crippen LogP contribution >= 0.6 is 0 Å². The molecule has 1 fully saturated rings. The number of nitrogen functional groups attached to an aromatic ring is 1. The van der Waals surface area contributed by atoms with Gasteiger partial charge in [0.15, 0.2) is 5.65 Å². The summed E-state index contributed by atoms with van der Waals surface area (Å²) in [5.41, 5.74) is 8.43. The minimum Gasteiger partial charge on any atom is -0.465 e. The standard InChI is InChI=1S/C18H18N6O2/c1-26-18(25)12-5-4-11(23-15(12)10-2-3-10)8-20-16-13-6-7-14(19)24-17(13)22-9-21-16/h4-7,9-10H,2-3,8H2,1H3,(H3,19,20,21,22,24). The van der Waals surface area contributed by atoms with Gasteiger partial charge in [0.2, 0.25) is 0 Å². The molecule has 0 bridgehead atoms. The van der Waals surface area contributed by atoms with Gasteiger partial charge in [-0.05, 0) is 37.1 Å². The maximum absolute atomic E-state index is 11.9. The van der Waals surface area contributed by atoms with Gasteiger partial charge in [-0.15, -0.1) is 0 Å². The van der Waals surface area contributed by atoms with Crippen molar-refractivity contribution in [3.63, 3.8) is 0 Å². The summed E-state index contributed by atoms with van der Waals surface area (Å²) in [6.45, 7) is 0.470. The normalized spacial score (nSPS) is 13.6. The summed E-state index contributed by atoms with van der Waals surface area (Å²) in [5, 5.41) is 4.05. The number of anilines is 2. The van der Waals surface area contributed by atoms with Crippen molar-refractivity contribution in [2.24, 2.45) is 0 Å². The second-order valence-electron chi connectivity index (χ2n) is 6.18. The molecule has 26 heavy (non-hydrogen) atoms. The average molecular weight is 350 g/mol. The SMILES string of the molecule is COC(=O)c1ccc(CNc2ncnc3nc(N)ccc23)nc1C1CC1. The van der Waals surface area contributed by atoms with Gasteiger partial charge in [-0.1, -0.05) is 0 Å². The number of aromatic nitrogens is 4. The molecule has 4 rings (SSSR count). The summed E-state index contributed by atoms with van der Waals surface area (Å²) < 4.78 is 4.85. The van der Waals surface area contributed by atoms with Crippen LogP contribution in [0.2, 0.25) is 0 Å². The zero-order valence-corrected chi connectivity index (χ0v) is 14.3. The predicted molar refractivity (Wildman–Crippen MR) is 96.6 cm³/mol. The molecule has 0 aliphatic heterocycles. The van der Waals surface area contributed by atoms with Crippen molar-refractivity contribution in [3.8, 4) is 0 Å². The van der Waals surface area contributed by atoms with Crippen LogP contribution in [0.4, 0.5) is 11.6 Å². The molecular formula is C18H18N6O2. The van der Waals surface area contributed by atoms with Crippen molar-refractivity contribution in [2.45, 2.75) is 25.3 Å². The van der Waals surface area contributed by atoms with Crippen LogP contribution in [0.5, 0.6) is 0 Å². The lowest BCUT2D eigenvalue weighted by Crippen LogP contribution is -2.11. The van der Waals surface area contributed by atoms with E-state index in [-0.39, 0.29) is 5.97 Å². The van der Waals surface area contributed by atoms with Gasteiger partial charge >= 0.3 is 5.97 Å². The van der Waals surface area contributed by atoms with Crippen LogP contribution in [-0.2, 0) is 11.3 Å². The Bertz CT molecular complexity index is 987. The number of carbonyl (C=O) groups is 1. The second-order valence-corrected chi connectivity index (χ2v) is 6.18. The van der Waals surface area contributed by atoms with Crippen LogP contribution in [0.1, 0.15) is 40.5 Å². The van der Waals surface area contributed by atoms with Crippen molar-refractivity contribution >= 4 is 28.6 Å². The van der Waals surface area contributed by atoms with E-state index in [1.54, 1.807) is 12.1 Å². The third-order valence-electron chi connectivity index (χ3n) is 4.31. The molecule has 3 aromatic rings. The van der Waals surface area contributed by atoms with Crippen molar-refractivity contribution in [1.82, 2.24) is 19.9 Å². The summed E-state index contributed by atoms with van der Waals surface area (Å²) >= 11 is 0. The van der Waals surface area contributed by atoms with Gasteiger partial charge in [-0.2, -0.15) is 0 Å². The minimum absolute atomic E-state index is 0.343. The number of rotatable bonds is 5. The monoisotopic (exact) mass is 350 g/mol. The highest BCUT2D eigenvalue weighted by Gasteiger charge is 2.30. The third-order valence-corrected chi connectivity index (χ3v) is 4.31. The number of nitrogens with two attached hydrogens (primary N) is 1.